The highest BCUT2D eigenvalue weighted by atomic mass is 19.4. The van der Waals surface area contributed by atoms with E-state index in [4.69, 9.17) is 9.47 Å². The average molecular weight is 406 g/mol. The number of hydrogen-bond donors (Lipinski definition) is 2. The first kappa shape index (κ1) is 20.2. The number of amides is 1. The van der Waals surface area contributed by atoms with Crippen molar-refractivity contribution in [3.05, 3.63) is 59.8 Å². The van der Waals surface area contributed by atoms with Crippen LogP contribution in [0.4, 0.5) is 19.0 Å². The molecule has 0 radical (unpaired) electrons. The van der Waals surface area contributed by atoms with Crippen LogP contribution < -0.4 is 14.8 Å². The van der Waals surface area contributed by atoms with Crippen molar-refractivity contribution in [3.8, 4) is 17.5 Å². The highest BCUT2D eigenvalue weighted by Gasteiger charge is 2.30. The van der Waals surface area contributed by atoms with Gasteiger partial charge in [-0.2, -0.15) is 23.3 Å². The van der Waals surface area contributed by atoms with Crippen molar-refractivity contribution >= 4 is 11.7 Å². The van der Waals surface area contributed by atoms with E-state index in [1.54, 1.807) is 26.1 Å². The molecular weight excluding hydrogens is 389 g/mol. The summed E-state index contributed by atoms with van der Waals surface area (Å²) in [6.45, 7) is 3.57. The highest BCUT2D eigenvalue weighted by molar-refractivity contribution is 6.04. The number of nitrogens with zero attached hydrogens (tertiary/aromatic N) is 2. The van der Waals surface area contributed by atoms with Gasteiger partial charge in [-0.15, -0.1) is 0 Å². The maximum absolute atomic E-state index is 12.7. The zero-order valence-corrected chi connectivity index (χ0v) is 15.4. The third-order valence-electron chi connectivity index (χ3n) is 3.54. The summed E-state index contributed by atoms with van der Waals surface area (Å²) in [5, 5.41) is 9.01. The summed E-state index contributed by atoms with van der Waals surface area (Å²) in [5.74, 6) is 0.103. The lowest BCUT2D eigenvalue weighted by atomic mass is 10.2. The number of aromatic amines is 1. The van der Waals surface area contributed by atoms with E-state index >= 15 is 0 Å². The van der Waals surface area contributed by atoms with E-state index in [1.807, 2.05) is 0 Å². The van der Waals surface area contributed by atoms with Crippen LogP contribution in [-0.4, -0.2) is 27.2 Å². The second kappa shape index (κ2) is 8.21. The Morgan fingerprint density at radius 2 is 1.79 bits per heavy atom. The van der Waals surface area contributed by atoms with Gasteiger partial charge in [-0.25, -0.2) is 0 Å². The minimum absolute atomic E-state index is 0.00455. The molecule has 0 aliphatic heterocycles. The van der Waals surface area contributed by atoms with Gasteiger partial charge in [0.05, 0.1) is 17.2 Å². The summed E-state index contributed by atoms with van der Waals surface area (Å²) in [5.41, 5.74) is -0.616. The zero-order valence-electron chi connectivity index (χ0n) is 15.4. The number of benzene rings is 1. The van der Waals surface area contributed by atoms with Gasteiger partial charge in [0, 0.05) is 24.4 Å². The Balaban J connectivity index is 1.85. The first-order valence-electron chi connectivity index (χ1n) is 8.56. The predicted molar refractivity (Wildman–Crippen MR) is 98.1 cm³/mol. The number of halogens is 3. The van der Waals surface area contributed by atoms with Crippen LogP contribution in [-0.2, 0) is 6.18 Å². The molecule has 0 saturated heterocycles. The van der Waals surface area contributed by atoms with Crippen LogP contribution in [0.5, 0.6) is 17.5 Å². The summed E-state index contributed by atoms with van der Waals surface area (Å²) >= 11 is 0. The van der Waals surface area contributed by atoms with Gasteiger partial charge in [-0.05, 0) is 38.1 Å². The van der Waals surface area contributed by atoms with Crippen molar-refractivity contribution in [1.29, 1.82) is 0 Å². The topological polar surface area (TPSA) is 89.1 Å². The van der Waals surface area contributed by atoms with Gasteiger partial charge in [0.1, 0.15) is 5.75 Å². The van der Waals surface area contributed by atoms with E-state index in [2.05, 4.69) is 20.5 Å². The zero-order chi connectivity index (χ0) is 21.0. The monoisotopic (exact) mass is 406 g/mol. The standard InChI is InChI=1S/C19H17F3N4O3/c1-11(2)28-16-9-12(18(27)24-15-7-8-23-26-15)10-17(25-16)29-14-5-3-13(4-6-14)19(20,21)22/h3-11H,1-2H3,(H2,23,24,26,27). The van der Waals surface area contributed by atoms with Crippen LogP contribution in [0, 0.1) is 0 Å². The molecule has 7 nitrogen and oxygen atoms in total. The van der Waals surface area contributed by atoms with E-state index in [0.717, 1.165) is 12.1 Å². The van der Waals surface area contributed by atoms with Gasteiger partial charge in [-0.1, -0.05) is 0 Å². The maximum atomic E-state index is 12.7. The molecule has 0 fully saturated rings. The largest absolute Gasteiger partial charge is 0.475 e. The summed E-state index contributed by atoms with van der Waals surface area (Å²) in [7, 11) is 0. The number of nitrogens with one attached hydrogen (secondary N) is 2. The summed E-state index contributed by atoms with van der Waals surface area (Å²) < 4.78 is 49.2. The lowest BCUT2D eigenvalue weighted by molar-refractivity contribution is -0.137. The van der Waals surface area contributed by atoms with E-state index in [9.17, 15) is 18.0 Å². The molecule has 2 aromatic heterocycles. The lowest BCUT2D eigenvalue weighted by Crippen LogP contribution is -2.14. The maximum Gasteiger partial charge on any atom is 0.416 e. The van der Waals surface area contributed by atoms with Crippen LogP contribution in [0.2, 0.25) is 0 Å². The summed E-state index contributed by atoms with van der Waals surface area (Å²) in [6.07, 6.45) is -3.11. The molecular formula is C19H17F3N4O3. The van der Waals surface area contributed by atoms with Gasteiger partial charge in [0.2, 0.25) is 11.8 Å². The van der Waals surface area contributed by atoms with Crippen molar-refractivity contribution in [2.24, 2.45) is 0 Å². The van der Waals surface area contributed by atoms with Gasteiger partial charge in [0.25, 0.3) is 5.91 Å². The normalized spacial score (nSPS) is 11.4. The molecule has 0 saturated carbocycles. The lowest BCUT2D eigenvalue weighted by Gasteiger charge is -2.13. The van der Waals surface area contributed by atoms with Gasteiger partial charge < -0.3 is 14.8 Å². The quantitative estimate of drug-likeness (QED) is 0.622. The highest BCUT2D eigenvalue weighted by Crippen LogP contribution is 2.31. The van der Waals surface area contributed by atoms with E-state index in [-0.39, 0.29) is 29.2 Å². The molecule has 0 aliphatic rings. The van der Waals surface area contributed by atoms with Gasteiger partial charge in [-0.3, -0.25) is 9.89 Å². The van der Waals surface area contributed by atoms with E-state index < -0.39 is 17.6 Å². The molecule has 0 aliphatic carbocycles. The Bertz CT molecular complexity index is 971. The fourth-order valence-electron chi connectivity index (χ4n) is 2.32. The number of aromatic nitrogens is 3. The van der Waals surface area contributed by atoms with Crippen molar-refractivity contribution in [1.82, 2.24) is 15.2 Å². The summed E-state index contributed by atoms with van der Waals surface area (Å²) in [4.78, 5) is 16.6. The first-order valence-corrected chi connectivity index (χ1v) is 8.56. The van der Waals surface area contributed by atoms with E-state index in [1.165, 1.54) is 24.3 Å². The second-order valence-corrected chi connectivity index (χ2v) is 6.24. The minimum atomic E-state index is -4.45. The number of ether oxygens (including phenoxy) is 2. The van der Waals surface area contributed by atoms with Crippen LogP contribution in [0.1, 0.15) is 29.8 Å². The molecule has 0 atom stereocenters. The predicted octanol–water partition coefficient (Wildman–Crippen LogP) is 4.66. The number of carbonyl (C=O) groups is 1. The van der Waals surface area contributed by atoms with Crippen LogP contribution in [0.3, 0.4) is 0 Å². The molecule has 10 heteroatoms. The molecule has 152 valence electrons. The van der Waals surface area contributed by atoms with Crippen molar-refractivity contribution < 1.29 is 27.4 Å². The molecule has 3 aromatic rings. The number of rotatable bonds is 6. The van der Waals surface area contributed by atoms with E-state index in [0.29, 0.717) is 5.82 Å². The van der Waals surface area contributed by atoms with Crippen molar-refractivity contribution in [3.63, 3.8) is 0 Å². The molecule has 3 rings (SSSR count). The molecule has 0 unspecified atom stereocenters. The smallest absolute Gasteiger partial charge is 0.416 e. The Morgan fingerprint density at radius 1 is 1.10 bits per heavy atom. The second-order valence-electron chi connectivity index (χ2n) is 6.24. The molecule has 2 heterocycles. The molecule has 0 bridgehead atoms. The molecule has 1 amide bonds. The third kappa shape index (κ3) is 5.47. The fraction of sp³-hybridized carbons (Fsp3) is 0.211. The number of alkyl halides is 3. The minimum Gasteiger partial charge on any atom is -0.475 e. The first-order chi connectivity index (χ1) is 13.7. The Hall–Kier alpha value is -3.56. The molecule has 2 N–H and O–H groups in total. The van der Waals surface area contributed by atoms with Crippen LogP contribution in [0.15, 0.2) is 48.7 Å². The number of anilines is 1. The number of carbonyl (C=O) groups excluding carboxylic acids is 1. The summed E-state index contributed by atoms with van der Waals surface area (Å²) in [6, 6.07) is 8.50. The number of pyridine rings is 1. The fourth-order valence-corrected chi connectivity index (χ4v) is 2.32. The molecule has 0 spiro atoms. The third-order valence-corrected chi connectivity index (χ3v) is 3.54. The SMILES string of the molecule is CC(C)Oc1cc(C(=O)Nc2cc[nH]n2)cc(Oc2ccc(C(F)(F)F)cc2)n1. The Labute approximate surface area is 163 Å². The number of H-pyrrole nitrogens is 1. The average Bonchev–Trinajstić information content (AvgIpc) is 3.13. The number of hydrogen-bond acceptors (Lipinski definition) is 5. The molecule has 29 heavy (non-hydrogen) atoms. The van der Waals surface area contributed by atoms with Crippen LogP contribution >= 0.6 is 0 Å². The van der Waals surface area contributed by atoms with Gasteiger partial charge >= 0.3 is 6.18 Å². The van der Waals surface area contributed by atoms with Crippen molar-refractivity contribution in [2.45, 2.75) is 26.1 Å². The Morgan fingerprint density at radius 3 is 2.38 bits per heavy atom. The van der Waals surface area contributed by atoms with Gasteiger partial charge in [0.15, 0.2) is 5.82 Å². The van der Waals surface area contributed by atoms with Crippen LogP contribution in [0.25, 0.3) is 0 Å². The van der Waals surface area contributed by atoms with Crippen molar-refractivity contribution in [2.75, 3.05) is 5.32 Å². The molecule has 1 aromatic carbocycles. The Kier molecular flexibility index (Phi) is 5.71.